The minimum absolute atomic E-state index is 0.0625. The average molecular weight is 313 g/mol. The summed E-state index contributed by atoms with van der Waals surface area (Å²) in [6.45, 7) is 0. The first kappa shape index (κ1) is 13.0. The number of nitrogens with zero attached hydrogens (tertiary/aromatic N) is 4. The number of aryl methyl sites for hydroxylation is 2. The van der Waals surface area contributed by atoms with E-state index in [0.29, 0.717) is 5.13 Å². The number of nitro benzene ring substituents is 1. The fraction of sp³-hybridized carbons (Fsp3) is 0.143. The molecule has 0 atom stereocenters. The number of non-ortho nitro benzene ring substituents is 1. The van der Waals surface area contributed by atoms with Gasteiger partial charge in [-0.1, -0.05) is 11.3 Å². The summed E-state index contributed by atoms with van der Waals surface area (Å²) < 4.78 is 1.80. The normalized spacial score (nSPS) is 12.7. The molecule has 0 aliphatic heterocycles. The van der Waals surface area contributed by atoms with Crippen LogP contribution in [0.2, 0.25) is 0 Å². The van der Waals surface area contributed by atoms with Crippen LogP contribution in [0.25, 0.3) is 16.3 Å². The molecule has 3 aromatic rings. The zero-order valence-electron chi connectivity index (χ0n) is 11.4. The van der Waals surface area contributed by atoms with E-state index in [1.807, 2.05) is 6.20 Å². The van der Waals surface area contributed by atoms with Crippen LogP contribution < -0.4 is 5.73 Å². The van der Waals surface area contributed by atoms with E-state index < -0.39 is 4.92 Å². The lowest BCUT2D eigenvalue weighted by atomic mass is 10.0. The molecule has 0 amide bonds. The van der Waals surface area contributed by atoms with Crippen LogP contribution in [0.15, 0.2) is 30.5 Å². The highest BCUT2D eigenvalue weighted by Gasteiger charge is 2.25. The molecule has 110 valence electrons. The Kier molecular flexibility index (Phi) is 2.73. The Morgan fingerprint density at radius 1 is 1.27 bits per heavy atom. The van der Waals surface area contributed by atoms with Gasteiger partial charge in [-0.05, 0) is 30.5 Å². The van der Waals surface area contributed by atoms with Crippen LogP contribution in [-0.4, -0.2) is 19.7 Å². The number of aromatic nitrogens is 3. The summed E-state index contributed by atoms with van der Waals surface area (Å²) >= 11 is 1.45. The van der Waals surface area contributed by atoms with Crippen molar-refractivity contribution in [1.82, 2.24) is 14.8 Å². The van der Waals surface area contributed by atoms with E-state index in [1.54, 1.807) is 16.8 Å². The van der Waals surface area contributed by atoms with Gasteiger partial charge in [0, 0.05) is 12.1 Å². The summed E-state index contributed by atoms with van der Waals surface area (Å²) in [7, 11) is 0. The van der Waals surface area contributed by atoms with Gasteiger partial charge >= 0.3 is 0 Å². The zero-order chi connectivity index (χ0) is 15.3. The van der Waals surface area contributed by atoms with Crippen molar-refractivity contribution in [3.8, 4) is 16.3 Å². The van der Waals surface area contributed by atoms with Crippen molar-refractivity contribution in [2.24, 2.45) is 0 Å². The molecule has 2 aromatic heterocycles. The van der Waals surface area contributed by atoms with E-state index in [0.717, 1.165) is 40.4 Å². The van der Waals surface area contributed by atoms with Crippen molar-refractivity contribution < 1.29 is 4.92 Å². The molecule has 1 aliphatic carbocycles. The number of thiazole rings is 1. The number of fused-ring (bicyclic) bond motifs is 3. The molecule has 7 nitrogen and oxygen atoms in total. The lowest BCUT2D eigenvalue weighted by Crippen LogP contribution is -2.05. The molecule has 0 unspecified atom stereocenters. The zero-order valence-corrected chi connectivity index (χ0v) is 12.2. The van der Waals surface area contributed by atoms with Gasteiger partial charge in [-0.3, -0.25) is 10.1 Å². The number of hydrogen-bond acceptors (Lipinski definition) is 6. The van der Waals surface area contributed by atoms with Crippen LogP contribution in [0.4, 0.5) is 10.8 Å². The lowest BCUT2D eigenvalue weighted by molar-refractivity contribution is -0.384. The van der Waals surface area contributed by atoms with E-state index in [-0.39, 0.29) is 5.69 Å². The van der Waals surface area contributed by atoms with E-state index in [2.05, 4.69) is 10.1 Å². The molecule has 2 N–H and O–H groups in total. The standard InChI is InChI=1S/C14H11N5O2S/c15-14-17-11-6-1-8-7-16-18(12(8)13(11)22-14)9-2-4-10(5-3-9)19(20)21/h2-5,7H,1,6H2,(H2,15,17). The van der Waals surface area contributed by atoms with Gasteiger partial charge in [-0.15, -0.1) is 0 Å². The molecule has 0 bridgehead atoms. The average Bonchev–Trinajstić information content (AvgIpc) is 3.09. The van der Waals surface area contributed by atoms with Crippen LogP contribution in [0.3, 0.4) is 0 Å². The largest absolute Gasteiger partial charge is 0.375 e. The molecular weight excluding hydrogens is 302 g/mol. The van der Waals surface area contributed by atoms with Gasteiger partial charge in [0.05, 0.1) is 33.1 Å². The molecule has 1 aliphatic rings. The molecule has 0 fully saturated rings. The summed E-state index contributed by atoms with van der Waals surface area (Å²) in [6, 6.07) is 6.36. The monoisotopic (exact) mass is 313 g/mol. The molecule has 0 saturated heterocycles. The summed E-state index contributed by atoms with van der Waals surface area (Å²) in [5, 5.41) is 15.7. The molecular formula is C14H11N5O2S. The summed E-state index contributed by atoms with van der Waals surface area (Å²) in [4.78, 5) is 15.8. The maximum absolute atomic E-state index is 10.8. The number of nitrogens with two attached hydrogens (primary N) is 1. The van der Waals surface area contributed by atoms with Gasteiger partial charge in [-0.25, -0.2) is 9.67 Å². The Morgan fingerprint density at radius 3 is 2.77 bits per heavy atom. The van der Waals surface area contributed by atoms with Gasteiger partial charge in [0.2, 0.25) is 0 Å². The first-order chi connectivity index (χ1) is 10.6. The molecule has 4 rings (SSSR count). The topological polar surface area (TPSA) is 99.9 Å². The smallest absolute Gasteiger partial charge is 0.269 e. The second kappa shape index (κ2) is 4.63. The summed E-state index contributed by atoms with van der Waals surface area (Å²) in [6.07, 6.45) is 3.58. The molecule has 1 aromatic carbocycles. The molecule has 22 heavy (non-hydrogen) atoms. The highest BCUT2D eigenvalue weighted by Crippen LogP contribution is 2.39. The third-order valence-corrected chi connectivity index (χ3v) is 4.64. The first-order valence-corrected chi connectivity index (χ1v) is 7.52. The lowest BCUT2D eigenvalue weighted by Gasteiger charge is -2.13. The van der Waals surface area contributed by atoms with Crippen LogP contribution in [0.1, 0.15) is 11.3 Å². The predicted octanol–water partition coefficient (Wildman–Crippen LogP) is 2.58. The third kappa shape index (κ3) is 1.88. The van der Waals surface area contributed by atoms with Crippen LogP contribution in [-0.2, 0) is 12.8 Å². The van der Waals surface area contributed by atoms with Crippen LogP contribution in [0, 0.1) is 10.1 Å². The van der Waals surface area contributed by atoms with Gasteiger partial charge in [0.25, 0.3) is 5.69 Å². The fourth-order valence-electron chi connectivity index (χ4n) is 2.70. The van der Waals surface area contributed by atoms with Crippen molar-refractivity contribution >= 4 is 22.2 Å². The van der Waals surface area contributed by atoms with Crippen molar-refractivity contribution in [3.63, 3.8) is 0 Å². The Balaban J connectivity index is 1.85. The van der Waals surface area contributed by atoms with Gasteiger partial charge in [0.1, 0.15) is 0 Å². The molecule has 0 saturated carbocycles. The van der Waals surface area contributed by atoms with E-state index in [9.17, 15) is 10.1 Å². The summed E-state index contributed by atoms with van der Waals surface area (Å²) in [5.41, 5.74) is 9.81. The number of hydrogen-bond donors (Lipinski definition) is 1. The Bertz CT molecular complexity index is 881. The highest BCUT2D eigenvalue weighted by atomic mass is 32.1. The number of nitrogen functional groups attached to an aromatic ring is 1. The Morgan fingerprint density at radius 2 is 2.05 bits per heavy atom. The number of anilines is 1. The van der Waals surface area contributed by atoms with Crippen LogP contribution >= 0.6 is 11.3 Å². The third-order valence-electron chi connectivity index (χ3n) is 3.71. The SMILES string of the molecule is Nc1nc2c(s1)-c1c(cnn1-c1ccc([N+](=O)[O-])cc1)CC2. The number of nitro groups is 1. The second-order valence-electron chi connectivity index (χ2n) is 5.03. The molecule has 2 heterocycles. The fourth-order valence-corrected chi connectivity index (χ4v) is 3.64. The van der Waals surface area contributed by atoms with Gasteiger partial charge < -0.3 is 5.73 Å². The maximum atomic E-state index is 10.8. The number of benzene rings is 1. The van der Waals surface area contributed by atoms with E-state index in [1.165, 1.54) is 23.5 Å². The first-order valence-electron chi connectivity index (χ1n) is 6.71. The minimum atomic E-state index is -0.412. The number of rotatable bonds is 2. The Labute approximate surface area is 129 Å². The molecule has 0 spiro atoms. The highest BCUT2D eigenvalue weighted by molar-refractivity contribution is 7.18. The van der Waals surface area contributed by atoms with Crippen LogP contribution in [0.5, 0.6) is 0 Å². The summed E-state index contributed by atoms with van der Waals surface area (Å²) in [5.74, 6) is 0. The minimum Gasteiger partial charge on any atom is -0.375 e. The quantitative estimate of drug-likeness (QED) is 0.579. The predicted molar refractivity (Wildman–Crippen MR) is 83.1 cm³/mol. The van der Waals surface area contributed by atoms with E-state index >= 15 is 0 Å². The van der Waals surface area contributed by atoms with Crippen molar-refractivity contribution in [1.29, 1.82) is 0 Å². The van der Waals surface area contributed by atoms with Gasteiger partial charge in [0.15, 0.2) is 5.13 Å². The van der Waals surface area contributed by atoms with Crippen molar-refractivity contribution in [3.05, 3.63) is 51.8 Å². The van der Waals surface area contributed by atoms with E-state index in [4.69, 9.17) is 5.73 Å². The van der Waals surface area contributed by atoms with Crippen molar-refractivity contribution in [2.75, 3.05) is 5.73 Å². The maximum Gasteiger partial charge on any atom is 0.269 e. The molecule has 8 heteroatoms. The molecule has 0 radical (unpaired) electrons. The second-order valence-corrected chi connectivity index (χ2v) is 6.06. The van der Waals surface area contributed by atoms with Crippen molar-refractivity contribution in [2.45, 2.75) is 12.8 Å². The Hall–Kier alpha value is -2.74. The van der Waals surface area contributed by atoms with Gasteiger partial charge in [-0.2, -0.15) is 5.10 Å².